The van der Waals surface area contributed by atoms with Crippen LogP contribution in [0.1, 0.15) is 23.3 Å². The molecule has 3 heterocycles. The number of piperidine rings is 1. The number of rotatable bonds is 8. The number of methoxy groups -OCH3 is 4. The monoisotopic (exact) mass is 469 g/mol. The van der Waals surface area contributed by atoms with Gasteiger partial charge >= 0.3 is 6.01 Å². The highest BCUT2D eigenvalue weighted by Crippen LogP contribution is 2.40. The van der Waals surface area contributed by atoms with Gasteiger partial charge in [-0.15, -0.1) is 0 Å². The molecule has 0 bridgehead atoms. The standard InChI is InChI=1S/C23H27N5O6/c1-30-18-11-14(12-19(31-2)21(18)32-3)16-13-17(27-26-16)22(29)28-9-6-15(7-10-28)34-20-5-8-24-23(25-20)33-4/h5,8,11-13,15H,6-7,9-10H2,1-4H3,(H,26,27). The van der Waals surface area contributed by atoms with Crippen molar-refractivity contribution in [2.24, 2.45) is 0 Å². The fourth-order valence-corrected chi connectivity index (χ4v) is 3.82. The number of amides is 1. The first kappa shape index (κ1) is 23.1. The van der Waals surface area contributed by atoms with Crippen LogP contribution < -0.4 is 23.7 Å². The van der Waals surface area contributed by atoms with Gasteiger partial charge in [-0.25, -0.2) is 4.98 Å². The van der Waals surface area contributed by atoms with Crippen molar-refractivity contribution in [2.45, 2.75) is 18.9 Å². The molecule has 0 unspecified atom stereocenters. The van der Waals surface area contributed by atoms with Crippen LogP contribution in [0.4, 0.5) is 0 Å². The number of aromatic amines is 1. The number of nitrogens with zero attached hydrogens (tertiary/aromatic N) is 4. The number of hydrogen-bond donors (Lipinski definition) is 1. The van der Waals surface area contributed by atoms with Gasteiger partial charge in [0.05, 0.1) is 34.1 Å². The molecule has 1 N–H and O–H groups in total. The van der Waals surface area contributed by atoms with Crippen molar-refractivity contribution in [3.63, 3.8) is 0 Å². The Balaban J connectivity index is 1.41. The molecule has 0 saturated carbocycles. The third-order valence-corrected chi connectivity index (χ3v) is 5.58. The van der Waals surface area contributed by atoms with Crippen molar-refractivity contribution in [3.05, 3.63) is 36.2 Å². The van der Waals surface area contributed by atoms with E-state index in [0.29, 0.717) is 60.4 Å². The zero-order valence-electron chi connectivity index (χ0n) is 19.5. The maximum Gasteiger partial charge on any atom is 0.319 e. The second kappa shape index (κ2) is 10.3. The zero-order chi connectivity index (χ0) is 24.1. The third-order valence-electron chi connectivity index (χ3n) is 5.58. The minimum absolute atomic E-state index is 0.0415. The van der Waals surface area contributed by atoms with E-state index in [1.165, 1.54) is 7.11 Å². The quantitative estimate of drug-likeness (QED) is 0.530. The Labute approximate surface area is 197 Å². The van der Waals surface area contributed by atoms with Gasteiger partial charge in [-0.1, -0.05) is 0 Å². The lowest BCUT2D eigenvalue weighted by atomic mass is 10.1. The maximum atomic E-state index is 13.0. The number of hydrogen-bond acceptors (Lipinski definition) is 9. The zero-order valence-corrected chi connectivity index (χ0v) is 19.5. The topological polar surface area (TPSA) is 121 Å². The first-order chi connectivity index (χ1) is 16.6. The number of ether oxygens (including phenoxy) is 5. The average molecular weight is 469 g/mol. The molecule has 0 aliphatic carbocycles. The lowest BCUT2D eigenvalue weighted by molar-refractivity contribution is 0.0581. The van der Waals surface area contributed by atoms with Gasteiger partial charge < -0.3 is 28.6 Å². The molecular formula is C23H27N5O6. The minimum Gasteiger partial charge on any atom is -0.493 e. The summed E-state index contributed by atoms with van der Waals surface area (Å²) in [4.78, 5) is 23.0. The first-order valence-corrected chi connectivity index (χ1v) is 10.7. The van der Waals surface area contributed by atoms with E-state index in [1.54, 1.807) is 56.7 Å². The number of likely N-dealkylation sites (tertiary alicyclic amines) is 1. The summed E-state index contributed by atoms with van der Waals surface area (Å²) in [6, 6.07) is 7.24. The van der Waals surface area contributed by atoms with Crippen LogP contribution in [0, 0.1) is 0 Å². The van der Waals surface area contributed by atoms with E-state index >= 15 is 0 Å². The number of aromatic nitrogens is 4. The average Bonchev–Trinajstić information content (AvgIpc) is 3.38. The molecule has 2 aromatic heterocycles. The Morgan fingerprint density at radius 1 is 1.00 bits per heavy atom. The molecule has 0 spiro atoms. The van der Waals surface area contributed by atoms with Crippen molar-refractivity contribution >= 4 is 5.91 Å². The van der Waals surface area contributed by atoms with Crippen molar-refractivity contribution in [1.82, 2.24) is 25.1 Å². The van der Waals surface area contributed by atoms with E-state index < -0.39 is 0 Å². The van der Waals surface area contributed by atoms with Gasteiger partial charge in [0, 0.05) is 43.8 Å². The molecule has 1 aliphatic rings. The van der Waals surface area contributed by atoms with Gasteiger partial charge in [0.15, 0.2) is 11.5 Å². The summed E-state index contributed by atoms with van der Waals surface area (Å²) in [5, 5.41) is 7.17. The predicted octanol–water partition coefficient (Wildman–Crippen LogP) is 2.58. The van der Waals surface area contributed by atoms with E-state index in [4.69, 9.17) is 23.7 Å². The van der Waals surface area contributed by atoms with Crippen molar-refractivity contribution < 1.29 is 28.5 Å². The molecule has 11 nitrogen and oxygen atoms in total. The van der Waals surface area contributed by atoms with E-state index in [1.807, 2.05) is 0 Å². The molecule has 1 aliphatic heterocycles. The lowest BCUT2D eigenvalue weighted by Gasteiger charge is -2.31. The molecule has 3 aromatic rings. The molecule has 1 saturated heterocycles. The largest absolute Gasteiger partial charge is 0.493 e. The molecule has 0 radical (unpaired) electrons. The normalized spacial score (nSPS) is 13.9. The summed E-state index contributed by atoms with van der Waals surface area (Å²) in [7, 11) is 6.15. The van der Waals surface area contributed by atoms with Crippen LogP contribution in [0.3, 0.4) is 0 Å². The van der Waals surface area contributed by atoms with Crippen LogP contribution >= 0.6 is 0 Å². The highest BCUT2D eigenvalue weighted by molar-refractivity contribution is 5.93. The van der Waals surface area contributed by atoms with E-state index in [0.717, 1.165) is 5.56 Å². The number of H-pyrrole nitrogens is 1. The van der Waals surface area contributed by atoms with Crippen molar-refractivity contribution in [1.29, 1.82) is 0 Å². The van der Waals surface area contributed by atoms with Crippen LogP contribution in [0.25, 0.3) is 11.3 Å². The van der Waals surface area contributed by atoms with Gasteiger partial charge in [-0.3, -0.25) is 9.89 Å². The Hall–Kier alpha value is -4.02. The Kier molecular flexibility index (Phi) is 7.00. The highest BCUT2D eigenvalue weighted by Gasteiger charge is 2.26. The van der Waals surface area contributed by atoms with Crippen LogP contribution in [-0.4, -0.2) is 78.6 Å². The third kappa shape index (κ3) is 4.82. The summed E-state index contributed by atoms with van der Waals surface area (Å²) in [6.45, 7) is 1.12. The number of nitrogens with one attached hydrogen (secondary N) is 1. The number of carbonyl (C=O) groups is 1. The Morgan fingerprint density at radius 3 is 2.32 bits per heavy atom. The van der Waals surface area contributed by atoms with Gasteiger partial charge in [-0.05, 0) is 18.2 Å². The van der Waals surface area contributed by atoms with E-state index in [9.17, 15) is 4.79 Å². The summed E-state index contributed by atoms with van der Waals surface area (Å²) in [5.41, 5.74) is 1.74. The SMILES string of the molecule is COc1nccc(OC2CCN(C(=O)c3cc(-c4cc(OC)c(OC)c(OC)c4)n[nH]3)CC2)n1. The summed E-state index contributed by atoms with van der Waals surface area (Å²) < 4.78 is 27.1. The number of carbonyl (C=O) groups excluding carboxylic acids is 1. The molecule has 4 rings (SSSR count). The lowest BCUT2D eigenvalue weighted by Crippen LogP contribution is -2.42. The van der Waals surface area contributed by atoms with E-state index in [-0.39, 0.29) is 18.0 Å². The molecule has 1 amide bonds. The van der Waals surface area contributed by atoms with Crippen LogP contribution in [-0.2, 0) is 0 Å². The van der Waals surface area contributed by atoms with Gasteiger partial charge in [0.2, 0.25) is 11.6 Å². The fraction of sp³-hybridized carbons (Fsp3) is 0.391. The molecule has 0 atom stereocenters. The second-order valence-electron chi connectivity index (χ2n) is 7.57. The Bertz CT molecular complexity index is 1120. The second-order valence-corrected chi connectivity index (χ2v) is 7.57. The molecule has 1 fully saturated rings. The van der Waals surface area contributed by atoms with Crippen LogP contribution in [0.15, 0.2) is 30.5 Å². The van der Waals surface area contributed by atoms with Gasteiger partial charge in [-0.2, -0.15) is 10.1 Å². The summed E-state index contributed by atoms with van der Waals surface area (Å²) in [5.74, 6) is 1.85. The molecule has 34 heavy (non-hydrogen) atoms. The molecular weight excluding hydrogens is 442 g/mol. The molecule has 1 aromatic carbocycles. The van der Waals surface area contributed by atoms with Crippen LogP contribution in [0.2, 0.25) is 0 Å². The molecule has 11 heteroatoms. The van der Waals surface area contributed by atoms with Gasteiger partial charge in [0.25, 0.3) is 5.91 Å². The fourth-order valence-electron chi connectivity index (χ4n) is 3.82. The van der Waals surface area contributed by atoms with Crippen LogP contribution in [0.5, 0.6) is 29.1 Å². The Morgan fingerprint density at radius 2 is 1.71 bits per heavy atom. The summed E-state index contributed by atoms with van der Waals surface area (Å²) in [6.07, 6.45) is 2.92. The minimum atomic E-state index is -0.117. The smallest absolute Gasteiger partial charge is 0.319 e. The van der Waals surface area contributed by atoms with Crippen molar-refractivity contribution in [3.8, 4) is 40.4 Å². The first-order valence-electron chi connectivity index (χ1n) is 10.7. The number of benzene rings is 1. The van der Waals surface area contributed by atoms with Crippen molar-refractivity contribution in [2.75, 3.05) is 41.5 Å². The highest BCUT2D eigenvalue weighted by atomic mass is 16.5. The summed E-state index contributed by atoms with van der Waals surface area (Å²) >= 11 is 0. The van der Waals surface area contributed by atoms with E-state index in [2.05, 4.69) is 20.2 Å². The maximum absolute atomic E-state index is 13.0. The predicted molar refractivity (Wildman–Crippen MR) is 122 cm³/mol. The van der Waals surface area contributed by atoms with Gasteiger partial charge in [0.1, 0.15) is 11.8 Å². The molecule has 180 valence electrons.